The molecule has 0 bridgehead atoms. The number of fused-ring (bicyclic) bond motifs is 1. The smallest absolute Gasteiger partial charge is 0.319 e. The summed E-state index contributed by atoms with van der Waals surface area (Å²) in [7, 11) is 0. The normalized spacial score (nSPS) is 10.9. The number of nitrogens with one attached hydrogen (secondary N) is 3. The minimum Gasteiger partial charge on any atom is -0.350 e. The van der Waals surface area contributed by atoms with Crippen molar-refractivity contribution in [2.75, 3.05) is 11.9 Å². The Labute approximate surface area is 177 Å². The third-order valence-electron chi connectivity index (χ3n) is 4.22. The van der Waals surface area contributed by atoms with Gasteiger partial charge in [0.15, 0.2) is 0 Å². The summed E-state index contributed by atoms with van der Waals surface area (Å²) < 4.78 is 2.69. The first-order chi connectivity index (χ1) is 13.8. The average Bonchev–Trinajstić information content (AvgIpc) is 3.06. The number of amides is 3. The van der Waals surface area contributed by atoms with Crippen molar-refractivity contribution in [3.63, 3.8) is 0 Å². The van der Waals surface area contributed by atoms with Crippen LogP contribution in [-0.4, -0.2) is 39.5 Å². The quantitative estimate of drug-likeness (QED) is 0.526. The van der Waals surface area contributed by atoms with Crippen LogP contribution in [0.5, 0.6) is 0 Å². The molecule has 2 aromatic carbocycles. The highest BCUT2D eigenvalue weighted by atomic mass is 79.9. The molecule has 0 saturated heterocycles. The molecule has 3 amide bonds. The third-order valence-corrected chi connectivity index (χ3v) is 5.11. The van der Waals surface area contributed by atoms with E-state index in [0.717, 1.165) is 21.2 Å². The summed E-state index contributed by atoms with van der Waals surface area (Å²) in [5.41, 5.74) is 3.74. The van der Waals surface area contributed by atoms with Crippen LogP contribution in [0.4, 0.5) is 10.5 Å². The lowest BCUT2D eigenvalue weighted by Crippen LogP contribution is -2.31. The molecule has 0 aliphatic rings. The van der Waals surface area contributed by atoms with Crippen molar-refractivity contribution in [3.8, 4) is 0 Å². The Hall–Kier alpha value is -2.94. The molecule has 0 aliphatic carbocycles. The molecule has 29 heavy (non-hydrogen) atoms. The van der Waals surface area contributed by atoms with Crippen molar-refractivity contribution >= 4 is 44.6 Å². The van der Waals surface area contributed by atoms with E-state index >= 15 is 0 Å². The van der Waals surface area contributed by atoms with Gasteiger partial charge in [0.2, 0.25) is 0 Å². The van der Waals surface area contributed by atoms with Gasteiger partial charge in [-0.15, -0.1) is 5.10 Å². The molecule has 0 fully saturated rings. The summed E-state index contributed by atoms with van der Waals surface area (Å²) in [6, 6.07) is 10.7. The Morgan fingerprint density at radius 1 is 1.17 bits per heavy atom. The summed E-state index contributed by atoms with van der Waals surface area (Å²) in [5, 5.41) is 16.7. The van der Waals surface area contributed by atoms with Crippen LogP contribution in [0, 0.1) is 6.92 Å². The van der Waals surface area contributed by atoms with Gasteiger partial charge in [-0.2, -0.15) is 0 Å². The number of nitrogens with zero attached hydrogens (tertiary/aromatic N) is 3. The molecule has 1 heterocycles. The van der Waals surface area contributed by atoms with Gasteiger partial charge < -0.3 is 16.0 Å². The predicted molar refractivity (Wildman–Crippen MR) is 116 cm³/mol. The van der Waals surface area contributed by atoms with E-state index in [-0.39, 0.29) is 18.0 Å². The monoisotopic (exact) mass is 458 g/mol. The van der Waals surface area contributed by atoms with Gasteiger partial charge in [0.1, 0.15) is 5.52 Å². The first-order valence-electron chi connectivity index (χ1n) is 9.28. The number of benzene rings is 2. The van der Waals surface area contributed by atoms with Crippen molar-refractivity contribution < 1.29 is 9.59 Å². The zero-order valence-corrected chi connectivity index (χ0v) is 18.1. The Morgan fingerprint density at radius 2 is 1.97 bits per heavy atom. The van der Waals surface area contributed by atoms with E-state index in [4.69, 9.17) is 0 Å². The fourth-order valence-corrected chi connectivity index (χ4v) is 3.04. The highest BCUT2D eigenvalue weighted by molar-refractivity contribution is 9.10. The summed E-state index contributed by atoms with van der Waals surface area (Å²) in [6.45, 7) is 6.62. The molecular formula is C20H23BrN6O2. The second kappa shape index (κ2) is 9.04. The number of carbonyl (C=O) groups is 2. The largest absolute Gasteiger partial charge is 0.350 e. The number of aryl methyl sites for hydroxylation is 1. The molecule has 3 rings (SSSR count). The maximum atomic E-state index is 12.1. The molecule has 0 spiro atoms. The van der Waals surface area contributed by atoms with Gasteiger partial charge in [0, 0.05) is 28.3 Å². The third kappa shape index (κ3) is 5.32. The minimum atomic E-state index is -0.288. The first-order valence-corrected chi connectivity index (χ1v) is 10.1. The minimum absolute atomic E-state index is 0.0624. The van der Waals surface area contributed by atoms with Crippen molar-refractivity contribution in [2.24, 2.45) is 0 Å². The summed E-state index contributed by atoms with van der Waals surface area (Å²) in [5.74, 6) is -0.141. The average molecular weight is 459 g/mol. The van der Waals surface area contributed by atoms with Crippen LogP contribution in [0.1, 0.15) is 29.8 Å². The number of anilines is 1. The predicted octanol–water partition coefficient (Wildman–Crippen LogP) is 3.46. The molecule has 0 radical (unpaired) electrons. The Bertz CT molecular complexity index is 1050. The highest BCUT2D eigenvalue weighted by Crippen LogP contribution is 2.19. The number of halogens is 1. The lowest BCUT2D eigenvalue weighted by molar-refractivity contribution is 0.0943. The molecule has 8 nitrogen and oxygen atoms in total. The van der Waals surface area contributed by atoms with Crippen molar-refractivity contribution in [1.82, 2.24) is 25.6 Å². The Balaban J connectivity index is 1.57. The van der Waals surface area contributed by atoms with E-state index in [1.165, 1.54) is 0 Å². The summed E-state index contributed by atoms with van der Waals surface area (Å²) in [4.78, 5) is 24.2. The van der Waals surface area contributed by atoms with Crippen LogP contribution < -0.4 is 16.0 Å². The molecular weight excluding hydrogens is 436 g/mol. The van der Waals surface area contributed by atoms with Gasteiger partial charge in [0.25, 0.3) is 5.91 Å². The maximum Gasteiger partial charge on any atom is 0.319 e. The van der Waals surface area contributed by atoms with Crippen molar-refractivity contribution in [3.05, 3.63) is 52.0 Å². The molecule has 0 atom stereocenters. The SMILES string of the molecule is Cc1cc(NC(=O)NCCn2nnc3cc(C(=O)NC(C)C)ccc32)ccc1Br. The molecule has 3 N–H and O–H groups in total. The lowest BCUT2D eigenvalue weighted by Gasteiger charge is -2.09. The van der Waals surface area contributed by atoms with Gasteiger partial charge in [-0.05, 0) is 62.7 Å². The molecule has 1 aromatic heterocycles. The van der Waals surface area contributed by atoms with E-state index in [0.29, 0.717) is 24.2 Å². The number of hydrogen-bond donors (Lipinski definition) is 3. The van der Waals surface area contributed by atoms with Gasteiger partial charge in [-0.25, -0.2) is 9.48 Å². The van der Waals surface area contributed by atoms with Gasteiger partial charge in [0.05, 0.1) is 12.1 Å². The van der Waals surface area contributed by atoms with Crippen LogP contribution in [-0.2, 0) is 6.54 Å². The van der Waals surface area contributed by atoms with Crippen LogP contribution in [0.15, 0.2) is 40.9 Å². The fourth-order valence-electron chi connectivity index (χ4n) is 2.80. The zero-order valence-electron chi connectivity index (χ0n) is 16.5. The van der Waals surface area contributed by atoms with Crippen LogP contribution >= 0.6 is 15.9 Å². The molecule has 152 valence electrons. The Kier molecular flexibility index (Phi) is 6.48. The summed E-state index contributed by atoms with van der Waals surface area (Å²) in [6.07, 6.45) is 0. The second-order valence-corrected chi connectivity index (χ2v) is 7.84. The number of aromatic nitrogens is 3. The number of carbonyl (C=O) groups excluding carboxylic acids is 2. The van der Waals surface area contributed by atoms with E-state index < -0.39 is 0 Å². The fraction of sp³-hybridized carbons (Fsp3) is 0.300. The van der Waals surface area contributed by atoms with Crippen molar-refractivity contribution in [2.45, 2.75) is 33.4 Å². The van der Waals surface area contributed by atoms with E-state index in [1.54, 1.807) is 16.8 Å². The van der Waals surface area contributed by atoms with Crippen molar-refractivity contribution in [1.29, 1.82) is 0 Å². The first kappa shape index (κ1) is 20.8. The van der Waals surface area contributed by atoms with Gasteiger partial charge in [-0.1, -0.05) is 21.1 Å². The zero-order chi connectivity index (χ0) is 21.0. The lowest BCUT2D eigenvalue weighted by atomic mass is 10.2. The molecule has 0 unspecified atom stereocenters. The van der Waals surface area contributed by atoms with Crippen LogP contribution in [0.3, 0.4) is 0 Å². The standard InChI is InChI=1S/C20H23BrN6O2/c1-12(2)23-19(28)14-4-7-18-17(11-14)25-26-27(18)9-8-22-20(29)24-15-5-6-16(21)13(3)10-15/h4-7,10-12H,8-9H2,1-3H3,(H,23,28)(H2,22,24,29). The van der Waals surface area contributed by atoms with E-state index in [9.17, 15) is 9.59 Å². The van der Waals surface area contributed by atoms with E-state index in [2.05, 4.69) is 42.2 Å². The second-order valence-electron chi connectivity index (χ2n) is 6.99. The Morgan fingerprint density at radius 3 is 2.69 bits per heavy atom. The van der Waals surface area contributed by atoms with E-state index in [1.807, 2.05) is 45.0 Å². The van der Waals surface area contributed by atoms with Gasteiger partial charge >= 0.3 is 6.03 Å². The maximum absolute atomic E-state index is 12.1. The molecule has 9 heteroatoms. The molecule has 0 aliphatic heterocycles. The molecule has 0 saturated carbocycles. The van der Waals surface area contributed by atoms with Crippen LogP contribution in [0.2, 0.25) is 0 Å². The highest BCUT2D eigenvalue weighted by Gasteiger charge is 2.11. The number of rotatable bonds is 6. The van der Waals surface area contributed by atoms with Crippen LogP contribution in [0.25, 0.3) is 11.0 Å². The molecule has 3 aromatic rings. The number of urea groups is 1. The topological polar surface area (TPSA) is 101 Å². The van der Waals surface area contributed by atoms with Gasteiger partial charge in [-0.3, -0.25) is 4.79 Å². The number of hydrogen-bond acceptors (Lipinski definition) is 4. The summed E-state index contributed by atoms with van der Waals surface area (Å²) >= 11 is 3.44.